The monoisotopic (exact) mass is 357 g/mol. The number of nitrogens with zero attached hydrogens (tertiary/aromatic N) is 2. The third-order valence-electron chi connectivity index (χ3n) is 4.46. The van der Waals surface area contributed by atoms with Crippen LogP contribution in [0.25, 0.3) is 22.2 Å². The number of nitrogens with one attached hydrogen (secondary N) is 2. The zero-order chi connectivity index (χ0) is 18.6. The zero-order valence-electron chi connectivity index (χ0n) is 14.6. The summed E-state index contributed by atoms with van der Waals surface area (Å²) in [4.78, 5) is 22.6. The van der Waals surface area contributed by atoms with Crippen LogP contribution >= 0.6 is 0 Å². The molecule has 0 saturated heterocycles. The van der Waals surface area contributed by atoms with Gasteiger partial charge in [-0.05, 0) is 34.4 Å². The Labute approximate surface area is 156 Å². The molecule has 0 aliphatic heterocycles. The highest BCUT2D eigenvalue weighted by atomic mass is 16.1. The molecule has 0 amide bonds. The lowest BCUT2D eigenvalue weighted by Crippen LogP contribution is -2.14. The molecule has 0 aliphatic carbocycles. The van der Waals surface area contributed by atoms with Crippen LogP contribution < -0.4 is 16.7 Å². The van der Waals surface area contributed by atoms with Crippen molar-refractivity contribution in [2.75, 3.05) is 5.32 Å². The van der Waals surface area contributed by atoms with Crippen molar-refractivity contribution in [3.05, 3.63) is 88.5 Å². The van der Waals surface area contributed by atoms with E-state index in [1.54, 1.807) is 6.20 Å². The summed E-state index contributed by atoms with van der Waals surface area (Å²) >= 11 is 0. The van der Waals surface area contributed by atoms with E-state index in [0.29, 0.717) is 24.6 Å². The van der Waals surface area contributed by atoms with Crippen LogP contribution in [0.5, 0.6) is 0 Å². The molecule has 2 aromatic heterocycles. The van der Waals surface area contributed by atoms with Crippen LogP contribution in [-0.2, 0) is 13.1 Å². The number of nitrogens with two attached hydrogens (primary N) is 1. The van der Waals surface area contributed by atoms with Gasteiger partial charge in [0.1, 0.15) is 11.5 Å². The fourth-order valence-corrected chi connectivity index (χ4v) is 3.09. The Bertz CT molecular complexity index is 1140. The molecule has 2 aromatic carbocycles. The van der Waals surface area contributed by atoms with Crippen molar-refractivity contribution in [2.45, 2.75) is 13.1 Å². The van der Waals surface area contributed by atoms with Crippen molar-refractivity contribution >= 4 is 16.9 Å². The van der Waals surface area contributed by atoms with Crippen LogP contribution in [0.4, 0.5) is 5.82 Å². The van der Waals surface area contributed by atoms with E-state index >= 15 is 0 Å². The fourth-order valence-electron chi connectivity index (χ4n) is 3.09. The van der Waals surface area contributed by atoms with Gasteiger partial charge in [0.2, 0.25) is 0 Å². The number of rotatable bonds is 5. The number of aromatic nitrogens is 3. The highest BCUT2D eigenvalue weighted by molar-refractivity contribution is 5.85. The maximum atomic E-state index is 11.7. The van der Waals surface area contributed by atoms with Gasteiger partial charge in [-0.3, -0.25) is 4.98 Å². The summed E-state index contributed by atoms with van der Waals surface area (Å²) < 4.78 is 0. The number of anilines is 1. The quantitative estimate of drug-likeness (QED) is 0.510. The molecule has 6 heteroatoms. The average Bonchev–Trinajstić information content (AvgIpc) is 2.72. The molecular weight excluding hydrogens is 338 g/mol. The Morgan fingerprint density at radius 2 is 1.81 bits per heavy atom. The van der Waals surface area contributed by atoms with E-state index in [4.69, 9.17) is 5.73 Å². The van der Waals surface area contributed by atoms with E-state index in [1.807, 2.05) is 30.3 Å². The largest absolute Gasteiger partial charge is 0.365 e. The molecule has 134 valence electrons. The van der Waals surface area contributed by atoms with E-state index in [1.165, 1.54) is 0 Å². The lowest BCUT2D eigenvalue weighted by Gasteiger charge is -2.10. The summed E-state index contributed by atoms with van der Waals surface area (Å²) in [5.74, 6) is 0.527. The van der Waals surface area contributed by atoms with Crippen LogP contribution in [0.2, 0.25) is 0 Å². The van der Waals surface area contributed by atoms with Crippen LogP contribution in [0.15, 0.2) is 71.7 Å². The zero-order valence-corrected chi connectivity index (χ0v) is 14.6. The predicted octanol–water partition coefficient (Wildman–Crippen LogP) is 3.06. The van der Waals surface area contributed by atoms with Gasteiger partial charge < -0.3 is 11.1 Å². The summed E-state index contributed by atoms with van der Waals surface area (Å²) in [5, 5.41) is 4.02. The maximum Gasteiger partial charge on any atom is 0.348 e. The topological polar surface area (TPSA) is 96.7 Å². The third kappa shape index (κ3) is 3.56. The molecule has 0 unspecified atom stereocenters. The van der Waals surface area contributed by atoms with Gasteiger partial charge >= 0.3 is 5.69 Å². The SMILES string of the molecule is NCc1ccccc1-c1ccc(CNc2nc(=O)[nH]c3ncccc23)cc1. The third-order valence-corrected chi connectivity index (χ3v) is 4.46. The number of benzene rings is 2. The second kappa shape index (κ2) is 7.39. The smallest absolute Gasteiger partial charge is 0.348 e. The molecular formula is C21H19N5O. The molecule has 0 saturated carbocycles. The van der Waals surface area contributed by atoms with Crippen molar-refractivity contribution < 1.29 is 0 Å². The lowest BCUT2D eigenvalue weighted by atomic mass is 9.99. The summed E-state index contributed by atoms with van der Waals surface area (Å²) in [5.41, 5.74) is 10.4. The first kappa shape index (κ1) is 16.9. The maximum absolute atomic E-state index is 11.7. The predicted molar refractivity (Wildman–Crippen MR) is 107 cm³/mol. The van der Waals surface area contributed by atoms with Crippen LogP contribution in [0, 0.1) is 0 Å². The first-order valence-electron chi connectivity index (χ1n) is 8.71. The van der Waals surface area contributed by atoms with E-state index in [-0.39, 0.29) is 0 Å². The van der Waals surface area contributed by atoms with Crippen molar-refractivity contribution in [1.82, 2.24) is 15.0 Å². The summed E-state index contributed by atoms with van der Waals surface area (Å²) in [6, 6.07) is 20.1. The van der Waals surface area contributed by atoms with E-state index in [0.717, 1.165) is 27.6 Å². The van der Waals surface area contributed by atoms with Crippen LogP contribution in [0.3, 0.4) is 0 Å². The minimum absolute atomic E-state index is 0.419. The molecule has 0 radical (unpaired) electrons. The lowest BCUT2D eigenvalue weighted by molar-refractivity contribution is 1.05. The molecule has 0 aliphatic rings. The molecule has 0 spiro atoms. The molecule has 0 fully saturated rings. The Morgan fingerprint density at radius 1 is 1.00 bits per heavy atom. The van der Waals surface area contributed by atoms with Crippen LogP contribution in [0.1, 0.15) is 11.1 Å². The standard InChI is InChI=1S/C21H19N5O/c22-12-16-4-1-2-5-17(16)15-9-7-14(8-10-15)13-24-20-18-6-3-11-23-19(18)25-21(27)26-20/h1-11H,12-13,22H2,(H2,23,24,25,26,27). The van der Waals surface area contributed by atoms with Crippen molar-refractivity contribution in [3.63, 3.8) is 0 Å². The van der Waals surface area contributed by atoms with E-state index < -0.39 is 5.69 Å². The Kier molecular flexibility index (Phi) is 4.63. The van der Waals surface area contributed by atoms with Gasteiger partial charge in [-0.15, -0.1) is 0 Å². The molecule has 2 heterocycles. The van der Waals surface area contributed by atoms with Gasteiger partial charge in [0.25, 0.3) is 0 Å². The minimum atomic E-state index is -0.419. The Hall–Kier alpha value is -3.51. The van der Waals surface area contributed by atoms with Gasteiger partial charge in [0.15, 0.2) is 0 Å². The van der Waals surface area contributed by atoms with Crippen molar-refractivity contribution in [3.8, 4) is 11.1 Å². The Morgan fingerprint density at radius 3 is 2.63 bits per heavy atom. The molecule has 27 heavy (non-hydrogen) atoms. The number of H-pyrrole nitrogens is 1. The number of fused-ring (bicyclic) bond motifs is 1. The molecule has 4 aromatic rings. The highest BCUT2D eigenvalue weighted by Crippen LogP contribution is 2.24. The first-order valence-corrected chi connectivity index (χ1v) is 8.71. The number of pyridine rings is 1. The van der Waals surface area contributed by atoms with Crippen LogP contribution in [-0.4, -0.2) is 15.0 Å². The summed E-state index contributed by atoms with van der Waals surface area (Å²) in [7, 11) is 0. The molecule has 0 atom stereocenters. The summed E-state index contributed by atoms with van der Waals surface area (Å²) in [6.45, 7) is 1.06. The van der Waals surface area contributed by atoms with Crippen molar-refractivity contribution in [2.24, 2.45) is 5.73 Å². The van der Waals surface area contributed by atoms with Gasteiger partial charge in [0.05, 0.1) is 5.39 Å². The Balaban J connectivity index is 1.56. The normalized spacial score (nSPS) is 10.9. The van der Waals surface area contributed by atoms with E-state index in [2.05, 4.69) is 50.6 Å². The highest BCUT2D eigenvalue weighted by Gasteiger charge is 2.06. The average molecular weight is 357 g/mol. The molecule has 6 nitrogen and oxygen atoms in total. The van der Waals surface area contributed by atoms with Gasteiger partial charge in [-0.2, -0.15) is 4.98 Å². The minimum Gasteiger partial charge on any atom is -0.365 e. The van der Waals surface area contributed by atoms with Gasteiger partial charge in [0, 0.05) is 19.3 Å². The van der Waals surface area contributed by atoms with Crippen molar-refractivity contribution in [1.29, 1.82) is 0 Å². The number of hydrogen-bond acceptors (Lipinski definition) is 5. The second-order valence-corrected chi connectivity index (χ2v) is 6.20. The van der Waals surface area contributed by atoms with Gasteiger partial charge in [-0.25, -0.2) is 9.78 Å². The van der Waals surface area contributed by atoms with E-state index in [9.17, 15) is 4.79 Å². The molecule has 4 N–H and O–H groups in total. The van der Waals surface area contributed by atoms with Gasteiger partial charge in [-0.1, -0.05) is 48.5 Å². The fraction of sp³-hybridized carbons (Fsp3) is 0.0952. The molecule has 0 bridgehead atoms. The molecule has 4 rings (SSSR count). The second-order valence-electron chi connectivity index (χ2n) is 6.20. The number of aromatic amines is 1. The summed E-state index contributed by atoms with van der Waals surface area (Å²) in [6.07, 6.45) is 1.64. The first-order chi connectivity index (χ1) is 13.2. The number of hydrogen-bond donors (Lipinski definition) is 3.